The zero-order valence-electron chi connectivity index (χ0n) is 26.4. The van der Waals surface area contributed by atoms with Crippen LogP contribution < -0.4 is 20.9 Å². The Morgan fingerprint density at radius 3 is 2.19 bits per heavy atom. The van der Waals surface area contributed by atoms with Gasteiger partial charge >= 0.3 is 23.8 Å². The summed E-state index contributed by atoms with van der Waals surface area (Å²) in [6.45, 7) is 3.23. The molecule has 2 aromatic carbocycles. The average Bonchev–Trinajstić information content (AvgIpc) is 3.02. The maximum atomic E-state index is 13.0. The van der Waals surface area contributed by atoms with Gasteiger partial charge in [-0.15, -0.1) is 0 Å². The van der Waals surface area contributed by atoms with Crippen molar-refractivity contribution in [2.24, 2.45) is 0 Å². The minimum Gasteiger partial charge on any atom is -0.480 e. The first-order chi connectivity index (χ1) is 22.3. The number of benzene rings is 2. The molecule has 0 heterocycles. The molecule has 0 radical (unpaired) electrons. The van der Waals surface area contributed by atoms with Gasteiger partial charge in [-0.25, -0.2) is 14.4 Å². The van der Waals surface area contributed by atoms with Crippen LogP contribution in [0.2, 0.25) is 0 Å². The van der Waals surface area contributed by atoms with Gasteiger partial charge in [-0.1, -0.05) is 31.2 Å². The molecular formula is C32H40N4O10S. The Kier molecular flexibility index (Phi) is 15.4. The predicted molar refractivity (Wildman–Crippen MR) is 175 cm³/mol. The van der Waals surface area contributed by atoms with Gasteiger partial charge < -0.3 is 31.3 Å². The number of rotatable bonds is 18. The molecule has 2 aromatic rings. The Bertz CT molecular complexity index is 1480. The summed E-state index contributed by atoms with van der Waals surface area (Å²) in [5.41, 5.74) is 0.837. The molecule has 0 aliphatic heterocycles. The van der Waals surface area contributed by atoms with Crippen molar-refractivity contribution in [3.63, 3.8) is 0 Å². The number of nitrogens with zero attached hydrogens (tertiary/aromatic N) is 1. The molecule has 4 amide bonds. The summed E-state index contributed by atoms with van der Waals surface area (Å²) in [5.74, 6) is -6.32. The van der Waals surface area contributed by atoms with E-state index in [1.54, 1.807) is 19.1 Å². The highest BCUT2D eigenvalue weighted by atomic mass is 32.2. The Morgan fingerprint density at radius 1 is 0.894 bits per heavy atom. The highest BCUT2D eigenvalue weighted by Crippen LogP contribution is 2.33. The van der Waals surface area contributed by atoms with Crippen LogP contribution in [-0.4, -0.2) is 87.5 Å². The fraction of sp³-hybridized carbons (Fsp3) is 0.406. The van der Waals surface area contributed by atoms with Gasteiger partial charge in [-0.3, -0.25) is 24.1 Å². The van der Waals surface area contributed by atoms with Crippen molar-refractivity contribution in [3.8, 4) is 0 Å². The molecule has 1 unspecified atom stereocenters. The van der Waals surface area contributed by atoms with E-state index in [1.165, 1.54) is 49.0 Å². The van der Waals surface area contributed by atoms with Gasteiger partial charge in [0.25, 0.3) is 0 Å². The largest absolute Gasteiger partial charge is 0.480 e. The molecule has 0 aromatic heterocycles. The lowest BCUT2D eigenvalue weighted by Crippen LogP contribution is -2.47. The number of nitrogens with one attached hydrogen (secondary N) is 3. The number of unbranched alkanes of at least 4 members (excludes halogenated alkanes) is 1. The van der Waals surface area contributed by atoms with Crippen LogP contribution in [0.4, 0.5) is 11.4 Å². The number of aliphatic carboxylic acids is 2. The Balaban J connectivity index is 2.16. The van der Waals surface area contributed by atoms with E-state index in [2.05, 4.69) is 16.0 Å². The Hall–Kier alpha value is -4.92. The molecule has 47 heavy (non-hydrogen) atoms. The van der Waals surface area contributed by atoms with Crippen LogP contribution in [0.1, 0.15) is 61.0 Å². The molecule has 6 N–H and O–H groups in total. The minimum atomic E-state index is -1.78. The van der Waals surface area contributed by atoms with E-state index in [0.717, 1.165) is 4.90 Å². The van der Waals surface area contributed by atoms with Gasteiger partial charge in [0.05, 0.1) is 16.9 Å². The molecule has 0 saturated carbocycles. The third-order valence-electron chi connectivity index (χ3n) is 7.03. The molecule has 15 heteroatoms. The number of carbonyl (C=O) groups excluding carboxylic acids is 4. The van der Waals surface area contributed by atoms with E-state index in [4.69, 9.17) is 0 Å². The molecule has 0 bridgehead atoms. The number of thioether (sulfide) groups is 1. The third-order valence-corrected chi connectivity index (χ3v) is 7.68. The van der Waals surface area contributed by atoms with Crippen LogP contribution in [0.25, 0.3) is 0 Å². The van der Waals surface area contributed by atoms with Crippen LogP contribution >= 0.6 is 11.8 Å². The topological polar surface area (TPSA) is 220 Å². The van der Waals surface area contributed by atoms with Gasteiger partial charge in [-0.2, -0.15) is 11.8 Å². The monoisotopic (exact) mass is 672 g/mol. The first kappa shape index (κ1) is 38.3. The van der Waals surface area contributed by atoms with Crippen molar-refractivity contribution in [1.29, 1.82) is 0 Å². The van der Waals surface area contributed by atoms with E-state index >= 15 is 0 Å². The molecular weight excluding hydrogens is 632 g/mol. The van der Waals surface area contributed by atoms with Crippen molar-refractivity contribution in [3.05, 3.63) is 59.2 Å². The van der Waals surface area contributed by atoms with Gasteiger partial charge in [0.15, 0.2) is 0 Å². The normalized spacial score (nSPS) is 11.9. The number of aryl methyl sites for hydroxylation is 1. The third kappa shape index (κ3) is 11.7. The van der Waals surface area contributed by atoms with Crippen LogP contribution in [0.3, 0.4) is 0 Å². The summed E-state index contributed by atoms with van der Waals surface area (Å²) in [6, 6.07) is 8.27. The standard InChI is InChI=1S/C32H40N4O10S/c1-4-21-17-20(12-13-25(21)36(29(40)32(45)46)26-10-6-5-9-22(26)30(41)42)18-24(34-19(2)37)28(39)33-15-8-7-11-27(38)35-23(31(43)44)14-16-47-3/h5-6,9-10,12-13,17,23-24H,4,7-8,11,14-16,18H2,1-3H3,(H,33,39)(H,34,37)(H,35,38)(H,41,42)(H,43,44)(H,45,46)/t23-,24?/m1/s1. The molecule has 0 fully saturated rings. The minimum absolute atomic E-state index is 0.0479. The van der Waals surface area contributed by atoms with Crippen LogP contribution in [0.15, 0.2) is 42.5 Å². The summed E-state index contributed by atoms with van der Waals surface area (Å²) in [6.07, 6.45) is 3.42. The highest BCUT2D eigenvalue weighted by Gasteiger charge is 2.30. The summed E-state index contributed by atoms with van der Waals surface area (Å²) in [4.78, 5) is 85.8. The first-order valence-corrected chi connectivity index (χ1v) is 16.3. The Morgan fingerprint density at radius 2 is 1.60 bits per heavy atom. The number of carboxylic acid groups (broad SMARTS) is 3. The molecule has 254 valence electrons. The number of para-hydroxylation sites is 1. The predicted octanol–water partition coefficient (Wildman–Crippen LogP) is 2.35. The van der Waals surface area contributed by atoms with E-state index in [0.29, 0.717) is 42.6 Å². The Labute approximate surface area is 276 Å². The number of carboxylic acids is 3. The van der Waals surface area contributed by atoms with Crippen LogP contribution in [-0.2, 0) is 41.6 Å². The molecule has 14 nitrogen and oxygen atoms in total. The number of hydrogen-bond donors (Lipinski definition) is 6. The van der Waals surface area contributed by atoms with Crippen LogP contribution in [0, 0.1) is 0 Å². The van der Waals surface area contributed by atoms with E-state index in [-0.39, 0.29) is 36.3 Å². The average molecular weight is 673 g/mol. The second-order valence-corrected chi connectivity index (χ2v) is 11.5. The fourth-order valence-electron chi connectivity index (χ4n) is 4.76. The summed E-state index contributed by atoms with van der Waals surface area (Å²) < 4.78 is 0. The number of hydrogen-bond acceptors (Lipinski definition) is 8. The second kappa shape index (κ2) is 18.9. The van der Waals surface area contributed by atoms with E-state index in [1.807, 2.05) is 6.26 Å². The first-order valence-electron chi connectivity index (χ1n) is 14.9. The lowest BCUT2D eigenvalue weighted by atomic mass is 9.99. The molecule has 0 aliphatic carbocycles. The van der Waals surface area contributed by atoms with Crippen molar-refractivity contribution >= 4 is 64.7 Å². The number of carbonyl (C=O) groups is 7. The van der Waals surface area contributed by atoms with E-state index < -0.39 is 53.6 Å². The summed E-state index contributed by atoms with van der Waals surface area (Å²) in [5, 5.41) is 36.3. The highest BCUT2D eigenvalue weighted by molar-refractivity contribution is 7.98. The van der Waals surface area contributed by atoms with Gasteiger partial charge in [0.1, 0.15) is 12.1 Å². The molecule has 0 aliphatic rings. The smallest absolute Gasteiger partial charge is 0.395 e. The lowest BCUT2D eigenvalue weighted by molar-refractivity contribution is -0.148. The number of anilines is 2. The SMILES string of the molecule is CCc1cc(CC(NC(C)=O)C(=O)NCCCCC(=O)N[C@H](CCSC)C(=O)O)ccc1N(C(=O)C(=O)O)c1ccccc1C(=O)O. The van der Waals surface area contributed by atoms with Crippen molar-refractivity contribution < 1.29 is 48.9 Å². The maximum Gasteiger partial charge on any atom is 0.395 e. The molecule has 2 rings (SSSR count). The lowest BCUT2D eigenvalue weighted by Gasteiger charge is -2.26. The number of aromatic carboxylic acids is 1. The van der Waals surface area contributed by atoms with Gasteiger partial charge in [-0.05, 0) is 67.0 Å². The fourth-order valence-corrected chi connectivity index (χ4v) is 5.23. The zero-order chi connectivity index (χ0) is 35.1. The zero-order valence-corrected chi connectivity index (χ0v) is 27.2. The second-order valence-electron chi connectivity index (χ2n) is 10.5. The van der Waals surface area contributed by atoms with Crippen molar-refractivity contribution in [2.45, 2.75) is 64.5 Å². The molecule has 0 spiro atoms. The number of amides is 4. The van der Waals surface area contributed by atoms with Gasteiger partial charge in [0.2, 0.25) is 17.7 Å². The van der Waals surface area contributed by atoms with Gasteiger partial charge in [0, 0.05) is 26.3 Å². The van der Waals surface area contributed by atoms with E-state index in [9.17, 15) is 48.9 Å². The summed E-state index contributed by atoms with van der Waals surface area (Å²) in [7, 11) is 0. The van der Waals surface area contributed by atoms with Crippen molar-refractivity contribution in [2.75, 3.05) is 23.5 Å². The molecule has 2 atom stereocenters. The van der Waals surface area contributed by atoms with Crippen molar-refractivity contribution in [1.82, 2.24) is 16.0 Å². The maximum absolute atomic E-state index is 13.0. The van der Waals surface area contributed by atoms with Crippen LogP contribution in [0.5, 0.6) is 0 Å². The quantitative estimate of drug-likeness (QED) is 0.0997. The summed E-state index contributed by atoms with van der Waals surface area (Å²) >= 11 is 1.48. The molecule has 0 saturated heterocycles.